The molecule has 23 heavy (non-hydrogen) atoms. The summed E-state index contributed by atoms with van der Waals surface area (Å²) in [6, 6.07) is 9.44. The average molecular weight is 326 g/mol. The van der Waals surface area contributed by atoms with Crippen LogP contribution in [0.5, 0.6) is 0 Å². The van der Waals surface area contributed by atoms with Crippen molar-refractivity contribution in [2.45, 2.75) is 12.7 Å². The summed E-state index contributed by atoms with van der Waals surface area (Å²) in [5, 5.41) is 2.48. The molecule has 7 heteroatoms. The van der Waals surface area contributed by atoms with E-state index in [0.717, 1.165) is 12.1 Å². The highest BCUT2D eigenvalue weighted by Crippen LogP contribution is 2.29. The number of hydrogen-bond acceptors (Lipinski definition) is 1. The van der Waals surface area contributed by atoms with Crippen LogP contribution in [0.15, 0.2) is 48.5 Å². The van der Waals surface area contributed by atoms with Gasteiger partial charge in [-0.15, -0.1) is 0 Å². The molecule has 1 N–H and O–H groups in total. The fourth-order valence-electron chi connectivity index (χ4n) is 1.94. The Labute approximate surface area is 130 Å². The number of nitrogens with zero attached hydrogens (tertiary/aromatic N) is 1. The van der Waals surface area contributed by atoms with Gasteiger partial charge in [-0.1, -0.05) is 12.1 Å². The van der Waals surface area contributed by atoms with E-state index in [-0.39, 0.29) is 12.2 Å². The van der Waals surface area contributed by atoms with Gasteiger partial charge in [-0.2, -0.15) is 13.2 Å². The van der Waals surface area contributed by atoms with Crippen molar-refractivity contribution in [3.63, 3.8) is 0 Å². The minimum Gasteiger partial charge on any atom is -0.323 e. The first kappa shape index (κ1) is 16.8. The van der Waals surface area contributed by atoms with Crippen LogP contribution in [0.3, 0.4) is 0 Å². The lowest BCUT2D eigenvalue weighted by molar-refractivity contribution is -0.137. The van der Waals surface area contributed by atoms with E-state index in [1.807, 2.05) is 0 Å². The second-order valence-corrected chi connectivity index (χ2v) is 4.99. The number of hydrogen-bond donors (Lipinski definition) is 1. The van der Waals surface area contributed by atoms with Crippen molar-refractivity contribution < 1.29 is 22.4 Å². The van der Waals surface area contributed by atoms with Gasteiger partial charge in [0.05, 0.1) is 5.56 Å². The Balaban J connectivity index is 1.98. The lowest BCUT2D eigenvalue weighted by Crippen LogP contribution is -2.30. The van der Waals surface area contributed by atoms with Crippen molar-refractivity contribution in [2.75, 3.05) is 12.4 Å². The average Bonchev–Trinajstić information content (AvgIpc) is 2.46. The Kier molecular flexibility index (Phi) is 4.88. The molecule has 2 aromatic rings. The van der Waals surface area contributed by atoms with E-state index in [1.165, 1.54) is 42.3 Å². The quantitative estimate of drug-likeness (QED) is 0.827. The molecule has 0 atom stereocenters. The summed E-state index contributed by atoms with van der Waals surface area (Å²) in [5.74, 6) is -0.404. The van der Waals surface area contributed by atoms with Crippen LogP contribution in [-0.2, 0) is 12.7 Å². The van der Waals surface area contributed by atoms with Gasteiger partial charge in [0.15, 0.2) is 0 Å². The van der Waals surface area contributed by atoms with Crippen LogP contribution >= 0.6 is 0 Å². The van der Waals surface area contributed by atoms with Crippen molar-refractivity contribution in [1.82, 2.24) is 4.90 Å². The number of amides is 2. The van der Waals surface area contributed by atoms with E-state index in [2.05, 4.69) is 5.32 Å². The van der Waals surface area contributed by atoms with Crippen molar-refractivity contribution in [3.05, 3.63) is 65.5 Å². The van der Waals surface area contributed by atoms with Gasteiger partial charge < -0.3 is 10.2 Å². The van der Waals surface area contributed by atoms with Gasteiger partial charge in [0.25, 0.3) is 0 Å². The van der Waals surface area contributed by atoms with Crippen LogP contribution in [0.25, 0.3) is 0 Å². The molecule has 0 heterocycles. The van der Waals surface area contributed by atoms with Gasteiger partial charge in [0.1, 0.15) is 5.82 Å². The molecular weight excluding hydrogens is 312 g/mol. The highest BCUT2D eigenvalue weighted by Gasteiger charge is 2.30. The Bertz CT molecular complexity index is 683. The van der Waals surface area contributed by atoms with Crippen molar-refractivity contribution >= 4 is 11.7 Å². The zero-order chi connectivity index (χ0) is 17.0. The molecule has 0 aromatic heterocycles. The largest absolute Gasteiger partial charge is 0.416 e. The fourth-order valence-corrected chi connectivity index (χ4v) is 1.94. The molecule has 0 aliphatic carbocycles. The van der Waals surface area contributed by atoms with Gasteiger partial charge >= 0.3 is 12.2 Å². The Morgan fingerprint density at radius 2 is 1.78 bits per heavy atom. The molecule has 0 saturated carbocycles. The number of nitrogens with one attached hydrogen (secondary N) is 1. The van der Waals surface area contributed by atoms with Crippen LogP contribution < -0.4 is 5.32 Å². The molecule has 0 radical (unpaired) electrons. The number of rotatable bonds is 3. The molecule has 3 nitrogen and oxygen atoms in total. The first-order valence-corrected chi connectivity index (χ1v) is 6.69. The zero-order valence-electron chi connectivity index (χ0n) is 12.2. The molecule has 0 saturated heterocycles. The summed E-state index contributed by atoms with van der Waals surface area (Å²) in [6.45, 7) is 0.171. The number of carbonyl (C=O) groups excluding carboxylic acids is 1. The summed E-state index contributed by atoms with van der Waals surface area (Å²) in [6.07, 6.45) is -4.42. The van der Waals surface area contributed by atoms with E-state index >= 15 is 0 Å². The van der Waals surface area contributed by atoms with E-state index in [1.54, 1.807) is 6.07 Å². The maximum absolute atomic E-state index is 13.1. The third-order valence-electron chi connectivity index (χ3n) is 3.12. The molecule has 0 spiro atoms. The number of anilines is 1. The Hall–Kier alpha value is -2.57. The molecule has 2 aromatic carbocycles. The molecule has 2 amide bonds. The number of urea groups is 1. The molecule has 122 valence electrons. The van der Waals surface area contributed by atoms with Crippen molar-refractivity contribution in [2.24, 2.45) is 0 Å². The van der Waals surface area contributed by atoms with Gasteiger partial charge in [0, 0.05) is 19.3 Å². The molecule has 0 fully saturated rings. The third kappa shape index (κ3) is 4.70. The second-order valence-electron chi connectivity index (χ2n) is 4.99. The number of carbonyl (C=O) groups is 1. The van der Waals surface area contributed by atoms with E-state index in [4.69, 9.17) is 0 Å². The predicted molar refractivity (Wildman–Crippen MR) is 78.3 cm³/mol. The van der Waals surface area contributed by atoms with Gasteiger partial charge in [-0.25, -0.2) is 9.18 Å². The first-order valence-electron chi connectivity index (χ1n) is 6.69. The normalized spacial score (nSPS) is 11.2. The Morgan fingerprint density at radius 1 is 1.13 bits per heavy atom. The van der Waals surface area contributed by atoms with Crippen LogP contribution in [0.4, 0.5) is 28.0 Å². The maximum atomic E-state index is 13.1. The highest BCUT2D eigenvalue weighted by molar-refractivity contribution is 5.89. The molecule has 2 rings (SSSR count). The van der Waals surface area contributed by atoms with E-state index < -0.39 is 23.6 Å². The van der Waals surface area contributed by atoms with Gasteiger partial charge in [-0.3, -0.25) is 0 Å². The number of alkyl halides is 3. The summed E-state index contributed by atoms with van der Waals surface area (Å²) >= 11 is 0. The Morgan fingerprint density at radius 3 is 2.35 bits per heavy atom. The minimum atomic E-state index is -4.42. The van der Waals surface area contributed by atoms with Gasteiger partial charge in [0.2, 0.25) is 0 Å². The summed E-state index contributed by atoms with van der Waals surface area (Å²) in [7, 11) is 1.50. The summed E-state index contributed by atoms with van der Waals surface area (Å²) in [5.41, 5.74) is 0.0628. The first-order chi connectivity index (χ1) is 10.8. The molecule has 0 unspecified atom stereocenters. The summed E-state index contributed by atoms with van der Waals surface area (Å²) in [4.78, 5) is 13.3. The van der Waals surface area contributed by atoms with Crippen LogP contribution in [0, 0.1) is 5.82 Å². The topological polar surface area (TPSA) is 32.3 Å². The second kappa shape index (κ2) is 6.68. The lowest BCUT2D eigenvalue weighted by Gasteiger charge is -2.18. The molecule has 0 aliphatic rings. The predicted octanol–water partition coefficient (Wildman–Crippen LogP) is 4.51. The monoisotopic (exact) mass is 326 g/mol. The van der Waals surface area contributed by atoms with E-state index in [9.17, 15) is 22.4 Å². The maximum Gasteiger partial charge on any atom is 0.416 e. The minimum absolute atomic E-state index is 0.171. The number of benzene rings is 2. The van der Waals surface area contributed by atoms with Crippen LogP contribution in [0.2, 0.25) is 0 Å². The number of halogens is 4. The van der Waals surface area contributed by atoms with Crippen molar-refractivity contribution in [1.29, 1.82) is 0 Å². The lowest BCUT2D eigenvalue weighted by atomic mass is 10.2. The third-order valence-corrected chi connectivity index (χ3v) is 3.12. The smallest absolute Gasteiger partial charge is 0.323 e. The molecule has 0 aliphatic heterocycles. The van der Waals surface area contributed by atoms with Crippen LogP contribution in [-0.4, -0.2) is 18.0 Å². The standard InChI is InChI=1S/C16H14F4N2O/c1-22(10-11-3-2-4-13(17)9-11)15(23)21-14-7-5-12(6-8-14)16(18,19)20/h2-9H,10H2,1H3,(H,21,23). The summed E-state index contributed by atoms with van der Waals surface area (Å²) < 4.78 is 50.5. The molecular formula is C16H14F4N2O. The highest BCUT2D eigenvalue weighted by atomic mass is 19.4. The van der Waals surface area contributed by atoms with Gasteiger partial charge in [-0.05, 0) is 42.0 Å². The SMILES string of the molecule is CN(Cc1cccc(F)c1)C(=O)Nc1ccc(C(F)(F)F)cc1. The fraction of sp³-hybridized carbons (Fsp3) is 0.188. The van der Waals surface area contributed by atoms with E-state index in [0.29, 0.717) is 5.56 Å². The zero-order valence-corrected chi connectivity index (χ0v) is 12.2. The van der Waals surface area contributed by atoms with Crippen LogP contribution in [0.1, 0.15) is 11.1 Å². The van der Waals surface area contributed by atoms with Crippen molar-refractivity contribution in [3.8, 4) is 0 Å². The molecule has 0 bridgehead atoms.